The molecule has 0 aromatic carbocycles. The molecule has 8 heavy (non-hydrogen) atoms. The Morgan fingerprint density at radius 3 is 0.625 bits per heavy atom. The fourth-order valence-electron chi connectivity index (χ4n) is 0. The first-order valence-corrected chi connectivity index (χ1v) is 0. The van der Waals surface area contributed by atoms with Crippen LogP contribution >= 0.6 is 0 Å². The van der Waals surface area contributed by atoms with Crippen LogP contribution in [0.25, 0.3) is 0 Å². The average molecular weight is 343 g/mol. The summed E-state index contributed by atoms with van der Waals surface area (Å²) in [5, 5.41) is 0. The molecule has 36 valence electrons. The third kappa shape index (κ3) is 55.8. The molecule has 0 radical (unpaired) electrons. The van der Waals surface area contributed by atoms with Crippen molar-refractivity contribution in [2.75, 3.05) is 0 Å². The maximum atomic E-state index is 0. The van der Waals surface area contributed by atoms with Crippen LogP contribution in [0.2, 0.25) is 0 Å². The first-order chi connectivity index (χ1) is 0. The van der Waals surface area contributed by atoms with Crippen LogP contribution in [0.5, 0.6) is 0 Å². The van der Waals surface area contributed by atoms with Crippen molar-refractivity contribution in [1.82, 2.24) is 0 Å². The number of rotatable bonds is 0. The van der Waals surface area contributed by atoms with Gasteiger partial charge in [-0.05, 0) is 0 Å². The Morgan fingerprint density at radius 2 is 0.625 bits per heavy atom. The average Bonchev–Trinajstić information content (AvgIpc) is 0. The van der Waals surface area contributed by atoms with Gasteiger partial charge in [0.15, 0.2) is 0 Å². The SMILES string of the molecule is [Ba+2].[Mg+2].[OH-].[OH-].[OH-].[OH-].[Ti].[Zn+2]. The van der Waals surface area contributed by atoms with Crippen molar-refractivity contribution in [3.05, 3.63) is 0 Å². The molecule has 0 aliphatic carbocycles. The Morgan fingerprint density at radius 1 is 0.625 bits per heavy atom. The van der Waals surface area contributed by atoms with E-state index in [-0.39, 0.29) is 135 Å². The predicted molar refractivity (Wildman–Crippen MR) is 19.3 cm³/mol. The van der Waals surface area contributed by atoms with E-state index in [0.29, 0.717) is 0 Å². The molecular weight excluding hydrogens is 339 g/mol. The zero-order valence-electron chi connectivity index (χ0n) is 4.41. The minimum atomic E-state index is 0. The standard InChI is InChI=1S/Ba.Mg.4H2O.Ti.Zn/h;;4*1H2;;/q2*+2;;;;;;+2/p-4. The van der Waals surface area contributed by atoms with E-state index in [1.165, 1.54) is 0 Å². The Kier molecular flexibility index (Phi) is 992. The number of hydrogen-bond donors (Lipinski definition) is 0. The smallest absolute Gasteiger partial charge is 0.870 e. The predicted octanol–water partition coefficient (Wildman–Crippen LogP) is -1.47. The Balaban J connectivity index is 0. The topological polar surface area (TPSA) is 120 Å². The molecule has 0 atom stereocenters. The Hall–Kier alpha value is 3.52. The van der Waals surface area contributed by atoms with Crippen molar-refractivity contribution in [3.8, 4) is 0 Å². The van der Waals surface area contributed by atoms with Crippen LogP contribution in [-0.2, 0) is 41.2 Å². The maximum Gasteiger partial charge on any atom is 2.00 e. The van der Waals surface area contributed by atoms with E-state index >= 15 is 0 Å². The first-order valence-electron chi connectivity index (χ1n) is 0. The molecule has 0 fully saturated rings. The minimum absolute atomic E-state index is 0. The summed E-state index contributed by atoms with van der Waals surface area (Å²) in [4.78, 5) is 0. The van der Waals surface area contributed by atoms with Crippen LogP contribution in [0, 0.1) is 0 Å². The summed E-state index contributed by atoms with van der Waals surface area (Å²) in [6.45, 7) is 0. The van der Waals surface area contributed by atoms with E-state index in [0.717, 1.165) is 0 Å². The van der Waals surface area contributed by atoms with Gasteiger partial charge in [0.2, 0.25) is 0 Å². The van der Waals surface area contributed by atoms with Crippen LogP contribution in [-0.4, -0.2) is 93.8 Å². The Bertz CT molecular complexity index is 16.0. The Labute approximate surface area is 132 Å². The fourth-order valence-corrected chi connectivity index (χ4v) is 0. The van der Waals surface area contributed by atoms with Gasteiger partial charge >= 0.3 is 91.4 Å². The molecular formula is H4BaMgO4TiZn+2. The van der Waals surface area contributed by atoms with Gasteiger partial charge in [0.1, 0.15) is 0 Å². The summed E-state index contributed by atoms with van der Waals surface area (Å²) >= 11 is 0. The molecule has 0 aromatic rings. The molecule has 0 spiro atoms. The molecule has 0 aliphatic rings. The van der Waals surface area contributed by atoms with Crippen molar-refractivity contribution in [2.45, 2.75) is 0 Å². The second kappa shape index (κ2) is 77.0. The van der Waals surface area contributed by atoms with Gasteiger partial charge in [-0.2, -0.15) is 0 Å². The molecule has 0 aliphatic heterocycles. The molecule has 0 saturated heterocycles. The molecule has 4 nitrogen and oxygen atoms in total. The van der Waals surface area contributed by atoms with E-state index in [1.54, 1.807) is 0 Å². The first kappa shape index (κ1) is 103. The van der Waals surface area contributed by atoms with Crippen LogP contribution in [0.1, 0.15) is 0 Å². The van der Waals surface area contributed by atoms with Gasteiger partial charge in [0.25, 0.3) is 0 Å². The molecule has 4 N–H and O–H groups in total. The third-order valence-electron chi connectivity index (χ3n) is 0. The van der Waals surface area contributed by atoms with Crippen molar-refractivity contribution in [1.29, 1.82) is 0 Å². The summed E-state index contributed by atoms with van der Waals surface area (Å²) in [5.74, 6) is 0. The summed E-state index contributed by atoms with van der Waals surface area (Å²) < 4.78 is 0. The van der Waals surface area contributed by atoms with Gasteiger partial charge in [-0.1, -0.05) is 0 Å². The van der Waals surface area contributed by atoms with Crippen molar-refractivity contribution in [2.24, 2.45) is 0 Å². The second-order valence-electron chi connectivity index (χ2n) is 0. The van der Waals surface area contributed by atoms with E-state index < -0.39 is 0 Å². The van der Waals surface area contributed by atoms with E-state index in [9.17, 15) is 0 Å². The number of hydrogen-bond acceptors (Lipinski definition) is 4. The molecule has 0 unspecified atom stereocenters. The fraction of sp³-hybridized carbons (Fsp3) is 0. The van der Waals surface area contributed by atoms with Crippen LogP contribution in [0.4, 0.5) is 0 Å². The van der Waals surface area contributed by atoms with Gasteiger partial charge in [0.05, 0.1) is 0 Å². The third-order valence-corrected chi connectivity index (χ3v) is 0. The maximum absolute atomic E-state index is 0. The molecule has 8 heteroatoms. The normalized spacial score (nSPS) is 0. The molecule has 0 amide bonds. The van der Waals surface area contributed by atoms with E-state index in [2.05, 4.69) is 0 Å². The van der Waals surface area contributed by atoms with Gasteiger partial charge in [-0.3, -0.25) is 0 Å². The van der Waals surface area contributed by atoms with Crippen molar-refractivity contribution in [3.63, 3.8) is 0 Å². The molecule has 0 saturated carbocycles. The van der Waals surface area contributed by atoms with E-state index in [4.69, 9.17) is 0 Å². The van der Waals surface area contributed by atoms with Crippen LogP contribution < -0.4 is 0 Å². The van der Waals surface area contributed by atoms with Gasteiger partial charge < -0.3 is 21.9 Å². The van der Waals surface area contributed by atoms with Gasteiger partial charge in [-0.25, -0.2) is 0 Å². The van der Waals surface area contributed by atoms with E-state index in [1.807, 2.05) is 0 Å². The van der Waals surface area contributed by atoms with Crippen LogP contribution in [0.3, 0.4) is 0 Å². The largest absolute Gasteiger partial charge is 2.00 e. The summed E-state index contributed by atoms with van der Waals surface area (Å²) in [7, 11) is 0. The second-order valence-corrected chi connectivity index (χ2v) is 0. The summed E-state index contributed by atoms with van der Waals surface area (Å²) in [6, 6.07) is 0. The van der Waals surface area contributed by atoms with Gasteiger partial charge in [0, 0.05) is 21.7 Å². The van der Waals surface area contributed by atoms with Crippen molar-refractivity contribution < 1.29 is 63.1 Å². The van der Waals surface area contributed by atoms with Crippen molar-refractivity contribution >= 4 is 71.9 Å². The van der Waals surface area contributed by atoms with Gasteiger partial charge in [-0.15, -0.1) is 0 Å². The summed E-state index contributed by atoms with van der Waals surface area (Å²) in [6.07, 6.45) is 0. The molecule has 0 rings (SSSR count). The monoisotopic (exact) mass is 342 g/mol. The molecule has 0 aromatic heterocycles. The molecule has 0 bridgehead atoms. The summed E-state index contributed by atoms with van der Waals surface area (Å²) in [5.41, 5.74) is 0. The zero-order chi connectivity index (χ0) is 0. The quantitative estimate of drug-likeness (QED) is 0.499. The zero-order valence-corrected chi connectivity index (χ0v) is 14.8. The van der Waals surface area contributed by atoms with Crippen LogP contribution in [0.15, 0.2) is 0 Å². The molecule has 0 heterocycles. The minimum Gasteiger partial charge on any atom is -0.870 e.